The summed E-state index contributed by atoms with van der Waals surface area (Å²) in [7, 11) is 0. The molecule has 8 aliphatic rings. The fourth-order valence-corrected chi connectivity index (χ4v) is 13.9. The summed E-state index contributed by atoms with van der Waals surface area (Å²) in [6.45, 7) is 15.4. The van der Waals surface area contributed by atoms with Crippen LogP contribution in [0.5, 0.6) is 0 Å². The van der Waals surface area contributed by atoms with E-state index in [2.05, 4.69) is 52.8 Å². The van der Waals surface area contributed by atoms with E-state index in [1.807, 2.05) is 6.92 Å². The SMILES string of the molecule is C/C=C1/CC[C@H]2[C@@H]3CC=C4C[C@@H](C)CC[C@]4(C)[C@H]3C[C@@H](OC(C)=O)[C@]12C.C[C@@]12C(=O)CC[C@H]1[C@@H]1CC=C3C[C@@H](O)CC[C@]3(C)[C@H]1C[C@H]2O. The van der Waals surface area contributed by atoms with Crippen LogP contribution in [0.2, 0.25) is 0 Å². The lowest BCUT2D eigenvalue weighted by Gasteiger charge is -2.59. The summed E-state index contributed by atoms with van der Waals surface area (Å²) in [4.78, 5) is 24.4. The van der Waals surface area contributed by atoms with Gasteiger partial charge in [-0.1, -0.05) is 62.6 Å². The topological polar surface area (TPSA) is 83.8 Å². The number of Topliss-reactive ketones (excluding diaryl/α,β-unsaturated/α-hetero) is 1. The molecule has 0 aromatic rings. The number of hydrogen-bond acceptors (Lipinski definition) is 5. The van der Waals surface area contributed by atoms with Gasteiger partial charge in [-0.05, 0) is 150 Å². The van der Waals surface area contributed by atoms with Gasteiger partial charge in [0.05, 0.1) is 17.6 Å². The maximum Gasteiger partial charge on any atom is 0.302 e. The van der Waals surface area contributed by atoms with Crippen LogP contribution in [0.25, 0.3) is 0 Å². The molecule has 5 heteroatoms. The van der Waals surface area contributed by atoms with Gasteiger partial charge in [0.25, 0.3) is 0 Å². The molecule has 0 aliphatic heterocycles. The highest BCUT2D eigenvalue weighted by atomic mass is 16.5. The highest BCUT2D eigenvalue weighted by Gasteiger charge is 2.63. The second-order valence-corrected chi connectivity index (χ2v) is 18.7. The van der Waals surface area contributed by atoms with E-state index >= 15 is 0 Å². The molecule has 8 aliphatic carbocycles. The fraction of sp³-hybridized carbons (Fsp3) is 0.814. The average Bonchev–Trinajstić information content (AvgIpc) is 3.56. The van der Waals surface area contributed by atoms with E-state index in [1.54, 1.807) is 12.5 Å². The third-order valence-electron chi connectivity index (χ3n) is 16.8. The van der Waals surface area contributed by atoms with Gasteiger partial charge in [0, 0.05) is 18.8 Å². The molecule has 0 aromatic carbocycles. The molecule has 5 nitrogen and oxygen atoms in total. The molecular formula is C43H64O5. The monoisotopic (exact) mass is 660 g/mol. The quantitative estimate of drug-likeness (QED) is 0.217. The molecule has 6 saturated carbocycles. The normalized spacial score (nSPS) is 51.4. The number of carbonyl (C=O) groups excluding carboxylic acids is 2. The predicted molar refractivity (Wildman–Crippen MR) is 190 cm³/mol. The van der Waals surface area contributed by atoms with Crippen molar-refractivity contribution in [1.29, 1.82) is 0 Å². The molecule has 266 valence electrons. The Morgan fingerprint density at radius 1 is 0.812 bits per heavy atom. The molecule has 0 spiro atoms. The van der Waals surface area contributed by atoms with Crippen LogP contribution in [-0.2, 0) is 14.3 Å². The zero-order valence-electron chi connectivity index (χ0n) is 31.0. The van der Waals surface area contributed by atoms with Crippen molar-refractivity contribution in [3.05, 3.63) is 34.9 Å². The van der Waals surface area contributed by atoms with Gasteiger partial charge in [0.2, 0.25) is 0 Å². The van der Waals surface area contributed by atoms with Gasteiger partial charge < -0.3 is 14.9 Å². The van der Waals surface area contributed by atoms with E-state index in [9.17, 15) is 19.8 Å². The smallest absolute Gasteiger partial charge is 0.302 e. The van der Waals surface area contributed by atoms with Crippen LogP contribution < -0.4 is 0 Å². The molecular weight excluding hydrogens is 596 g/mol. The maximum absolute atomic E-state index is 12.4. The van der Waals surface area contributed by atoms with Crippen LogP contribution in [0.1, 0.15) is 138 Å². The van der Waals surface area contributed by atoms with E-state index in [0.717, 1.165) is 56.8 Å². The maximum atomic E-state index is 12.4. The molecule has 0 aromatic heterocycles. The van der Waals surface area contributed by atoms with Gasteiger partial charge >= 0.3 is 5.97 Å². The van der Waals surface area contributed by atoms with Crippen LogP contribution in [0.3, 0.4) is 0 Å². The number of esters is 1. The van der Waals surface area contributed by atoms with Crippen molar-refractivity contribution in [2.24, 2.45) is 63.1 Å². The number of hydrogen-bond donors (Lipinski definition) is 2. The van der Waals surface area contributed by atoms with Gasteiger partial charge in [-0.2, -0.15) is 0 Å². The molecule has 0 radical (unpaired) electrons. The van der Waals surface area contributed by atoms with Crippen LogP contribution >= 0.6 is 0 Å². The number of carbonyl (C=O) groups is 2. The van der Waals surface area contributed by atoms with Crippen LogP contribution in [0.4, 0.5) is 0 Å². The first-order valence-corrected chi connectivity index (χ1v) is 19.8. The highest BCUT2D eigenvalue weighted by Crippen LogP contribution is 2.67. The van der Waals surface area contributed by atoms with Gasteiger partial charge in [0.15, 0.2) is 0 Å². The predicted octanol–water partition coefficient (Wildman–Crippen LogP) is 8.92. The molecule has 8 rings (SSSR count). The summed E-state index contributed by atoms with van der Waals surface area (Å²) >= 11 is 0. The van der Waals surface area contributed by atoms with Crippen LogP contribution in [0, 0.1) is 63.1 Å². The Bertz CT molecular complexity index is 1410. The van der Waals surface area contributed by atoms with E-state index in [0.29, 0.717) is 41.4 Å². The summed E-state index contributed by atoms with van der Waals surface area (Å²) in [5.41, 5.74) is 4.65. The fourth-order valence-electron chi connectivity index (χ4n) is 13.9. The first-order valence-electron chi connectivity index (χ1n) is 19.8. The lowest BCUT2D eigenvalue weighted by molar-refractivity contribution is -0.166. The molecule has 0 amide bonds. The molecule has 48 heavy (non-hydrogen) atoms. The first kappa shape index (κ1) is 34.7. The molecule has 0 bridgehead atoms. The number of fused-ring (bicyclic) bond motifs is 10. The van der Waals surface area contributed by atoms with Gasteiger partial charge in [-0.3, -0.25) is 9.59 Å². The van der Waals surface area contributed by atoms with E-state index in [1.165, 1.54) is 49.7 Å². The van der Waals surface area contributed by atoms with Crippen molar-refractivity contribution in [2.75, 3.05) is 0 Å². The summed E-state index contributed by atoms with van der Waals surface area (Å²) in [5, 5.41) is 20.8. The molecule has 0 unspecified atom stereocenters. The van der Waals surface area contributed by atoms with Crippen molar-refractivity contribution in [3.8, 4) is 0 Å². The molecule has 0 saturated heterocycles. The lowest BCUT2D eigenvalue weighted by atomic mass is 9.46. The Morgan fingerprint density at radius 3 is 2.04 bits per heavy atom. The highest BCUT2D eigenvalue weighted by molar-refractivity contribution is 5.88. The Hall–Kier alpha value is -1.72. The number of allylic oxidation sites excluding steroid dienone is 4. The Kier molecular flexibility index (Phi) is 8.83. The standard InChI is InChI=1S/C24H36O2.C19H28O3/c1-6-17-8-10-20-19-9-7-18-13-15(2)11-12-23(18,4)21(19)14-22(24(17,20)5)26-16(3)25;1-18-8-7-12(20)9-11(18)3-4-13-14-5-6-16(21)19(14,2)17(22)10-15(13)18/h6-7,15,19-22H,8-14H2,1-5H3;3,12-15,17,20,22H,4-10H2,1-2H3/b17-6-;/t15-,19-,20-,21-,22+,23-,24+;12-,13-,14-,15-,17+,18-,19-/m00/s1. The minimum absolute atomic E-state index is 0.0469. The Labute approximate surface area is 290 Å². The number of aliphatic hydroxyl groups excluding tert-OH is 2. The number of ketones is 1. The molecule has 6 fully saturated rings. The van der Waals surface area contributed by atoms with Crippen molar-refractivity contribution >= 4 is 11.8 Å². The Morgan fingerprint density at radius 2 is 1.40 bits per heavy atom. The van der Waals surface area contributed by atoms with E-state index in [-0.39, 0.29) is 34.8 Å². The zero-order valence-corrected chi connectivity index (χ0v) is 31.0. The van der Waals surface area contributed by atoms with Crippen LogP contribution in [-0.4, -0.2) is 40.3 Å². The summed E-state index contributed by atoms with van der Waals surface area (Å²) < 4.78 is 6.04. The molecule has 0 heterocycles. The lowest BCUT2D eigenvalue weighted by Crippen LogP contribution is -2.56. The second-order valence-electron chi connectivity index (χ2n) is 18.7. The van der Waals surface area contributed by atoms with Crippen molar-refractivity contribution in [1.82, 2.24) is 0 Å². The van der Waals surface area contributed by atoms with Crippen molar-refractivity contribution in [2.45, 2.75) is 157 Å². The summed E-state index contributed by atoms with van der Waals surface area (Å²) in [6, 6.07) is 0. The summed E-state index contributed by atoms with van der Waals surface area (Å²) in [6.07, 6.45) is 21.4. The van der Waals surface area contributed by atoms with E-state index < -0.39 is 11.5 Å². The van der Waals surface area contributed by atoms with Crippen LogP contribution in [0.15, 0.2) is 34.9 Å². The van der Waals surface area contributed by atoms with Crippen molar-refractivity contribution in [3.63, 3.8) is 0 Å². The van der Waals surface area contributed by atoms with Gasteiger partial charge in [-0.25, -0.2) is 0 Å². The summed E-state index contributed by atoms with van der Waals surface area (Å²) in [5.74, 6) is 4.43. The minimum atomic E-state index is -0.503. The Balaban J connectivity index is 0.000000154. The second kappa shape index (κ2) is 12.2. The average molecular weight is 661 g/mol. The first-order chi connectivity index (χ1) is 22.7. The molecule has 2 N–H and O–H groups in total. The number of aliphatic hydroxyl groups is 2. The third kappa shape index (κ3) is 5.04. The minimum Gasteiger partial charge on any atom is -0.462 e. The van der Waals surface area contributed by atoms with Gasteiger partial charge in [-0.15, -0.1) is 0 Å². The van der Waals surface area contributed by atoms with Gasteiger partial charge in [0.1, 0.15) is 11.9 Å². The molecule has 14 atom stereocenters. The largest absolute Gasteiger partial charge is 0.462 e. The van der Waals surface area contributed by atoms with Crippen molar-refractivity contribution < 1.29 is 24.5 Å². The zero-order chi connectivity index (χ0) is 34.4. The number of ether oxygens (including phenoxy) is 1. The van der Waals surface area contributed by atoms with E-state index in [4.69, 9.17) is 4.74 Å². The third-order valence-corrected chi connectivity index (χ3v) is 16.8. The number of rotatable bonds is 1.